The third-order valence-electron chi connectivity index (χ3n) is 4.12. The fourth-order valence-electron chi connectivity index (χ4n) is 2.69. The number of sulfonamides is 1. The van der Waals surface area contributed by atoms with Crippen LogP contribution in [0.3, 0.4) is 0 Å². The fourth-order valence-corrected chi connectivity index (χ4v) is 4.60. The van der Waals surface area contributed by atoms with Gasteiger partial charge < -0.3 is 10.1 Å². The first-order chi connectivity index (χ1) is 13.7. The smallest absolute Gasteiger partial charge is 0.387 e. The molecule has 2 aromatic rings. The number of hydrogen-bond acceptors (Lipinski definition) is 4. The van der Waals surface area contributed by atoms with Crippen molar-refractivity contribution in [2.45, 2.75) is 31.9 Å². The number of carbonyl (C=O) groups is 1. The van der Waals surface area contributed by atoms with Crippen molar-refractivity contribution in [1.29, 1.82) is 0 Å². The van der Waals surface area contributed by atoms with Crippen LogP contribution in [0.5, 0.6) is 5.75 Å². The molecule has 0 saturated heterocycles. The molecule has 0 heterocycles. The van der Waals surface area contributed by atoms with E-state index in [1.54, 1.807) is 26.0 Å². The lowest BCUT2D eigenvalue weighted by atomic mass is 10.1. The Labute approximate surface area is 177 Å². The molecule has 0 saturated carbocycles. The number of nitrogens with zero attached hydrogens (tertiary/aromatic N) is 1. The van der Waals surface area contributed by atoms with E-state index in [0.717, 1.165) is 0 Å². The second-order valence-electron chi connectivity index (χ2n) is 5.93. The Kier molecular flexibility index (Phi) is 8.12. The SMILES string of the molecule is CCN(CC)S(=O)(=O)c1cccc(C(=O)NCc2cc(Br)ccc2OC(F)F)c1. The normalized spacial score (nSPS) is 11.7. The van der Waals surface area contributed by atoms with E-state index in [9.17, 15) is 22.0 Å². The summed E-state index contributed by atoms with van der Waals surface area (Å²) in [4.78, 5) is 12.5. The number of alkyl halides is 2. The standard InChI is InChI=1S/C19H21BrF2N2O4S/c1-3-24(4-2)29(26,27)16-7-5-6-13(11-16)18(25)23-12-14-10-15(20)8-9-17(14)28-19(21)22/h5-11,19H,3-4,12H2,1-2H3,(H,23,25). The molecule has 0 aromatic heterocycles. The van der Waals surface area contributed by atoms with Gasteiger partial charge in [-0.1, -0.05) is 35.8 Å². The van der Waals surface area contributed by atoms with Crippen molar-refractivity contribution in [3.63, 3.8) is 0 Å². The van der Waals surface area contributed by atoms with Gasteiger partial charge in [-0.2, -0.15) is 13.1 Å². The van der Waals surface area contributed by atoms with Gasteiger partial charge in [0.1, 0.15) is 5.75 Å². The number of amides is 1. The maximum atomic E-state index is 12.6. The predicted molar refractivity (Wildman–Crippen MR) is 108 cm³/mol. The molecule has 10 heteroatoms. The molecule has 0 radical (unpaired) electrons. The van der Waals surface area contributed by atoms with Gasteiger partial charge in [-0.25, -0.2) is 8.42 Å². The van der Waals surface area contributed by atoms with Gasteiger partial charge in [0.15, 0.2) is 0 Å². The predicted octanol–water partition coefficient (Wildman–Crippen LogP) is 4.01. The Morgan fingerprint density at radius 1 is 1.17 bits per heavy atom. The van der Waals surface area contributed by atoms with Gasteiger partial charge in [0.2, 0.25) is 10.0 Å². The van der Waals surface area contributed by atoms with Crippen LogP contribution in [0.25, 0.3) is 0 Å². The molecular formula is C19H21BrF2N2O4S. The second-order valence-corrected chi connectivity index (χ2v) is 8.78. The van der Waals surface area contributed by atoms with Crippen LogP contribution in [-0.4, -0.2) is 38.3 Å². The maximum Gasteiger partial charge on any atom is 0.387 e. The van der Waals surface area contributed by atoms with Crippen LogP contribution in [0.4, 0.5) is 8.78 Å². The van der Waals surface area contributed by atoms with Gasteiger partial charge in [-0.15, -0.1) is 0 Å². The minimum atomic E-state index is -3.71. The molecule has 0 fully saturated rings. The van der Waals surface area contributed by atoms with Crippen LogP contribution < -0.4 is 10.1 Å². The van der Waals surface area contributed by atoms with E-state index in [2.05, 4.69) is 26.0 Å². The number of halogens is 3. The summed E-state index contributed by atoms with van der Waals surface area (Å²) in [6.45, 7) is 1.01. The average molecular weight is 491 g/mol. The zero-order chi connectivity index (χ0) is 21.6. The van der Waals surface area contributed by atoms with Crippen molar-refractivity contribution in [2.24, 2.45) is 0 Å². The summed E-state index contributed by atoms with van der Waals surface area (Å²) in [6.07, 6.45) is 0. The van der Waals surface area contributed by atoms with Gasteiger partial charge in [-0.05, 0) is 36.4 Å². The van der Waals surface area contributed by atoms with Crippen LogP contribution in [0.2, 0.25) is 0 Å². The number of carbonyl (C=O) groups excluding carboxylic acids is 1. The van der Waals surface area contributed by atoms with Crippen LogP contribution >= 0.6 is 15.9 Å². The third kappa shape index (κ3) is 5.97. The summed E-state index contributed by atoms with van der Waals surface area (Å²) in [5.74, 6) is -0.592. The molecular weight excluding hydrogens is 470 g/mol. The molecule has 0 atom stereocenters. The Bertz CT molecular complexity index is 966. The van der Waals surface area contributed by atoms with Crippen molar-refractivity contribution in [3.8, 4) is 5.75 Å². The molecule has 6 nitrogen and oxygen atoms in total. The van der Waals surface area contributed by atoms with E-state index in [1.807, 2.05) is 0 Å². The van der Waals surface area contributed by atoms with E-state index < -0.39 is 22.5 Å². The molecule has 1 amide bonds. The summed E-state index contributed by atoms with van der Waals surface area (Å²) in [6, 6.07) is 10.1. The van der Waals surface area contributed by atoms with Crippen LogP contribution in [0, 0.1) is 0 Å². The number of rotatable bonds is 9. The second kappa shape index (κ2) is 10.1. The molecule has 2 rings (SSSR count). The van der Waals surface area contributed by atoms with E-state index in [-0.39, 0.29) is 22.8 Å². The minimum absolute atomic E-state index is 0.0121. The lowest BCUT2D eigenvalue weighted by Gasteiger charge is -2.18. The molecule has 0 spiro atoms. The summed E-state index contributed by atoms with van der Waals surface area (Å²) in [7, 11) is -3.71. The Balaban J connectivity index is 2.20. The van der Waals surface area contributed by atoms with Crippen molar-refractivity contribution >= 4 is 31.9 Å². The summed E-state index contributed by atoms with van der Waals surface area (Å²) < 4.78 is 56.8. The lowest BCUT2D eigenvalue weighted by Crippen LogP contribution is -2.31. The Hall–Kier alpha value is -2.04. The number of hydrogen-bond donors (Lipinski definition) is 1. The highest BCUT2D eigenvalue weighted by atomic mass is 79.9. The minimum Gasteiger partial charge on any atom is -0.434 e. The Morgan fingerprint density at radius 3 is 2.48 bits per heavy atom. The third-order valence-corrected chi connectivity index (χ3v) is 6.66. The molecule has 158 valence electrons. The number of benzene rings is 2. The zero-order valence-corrected chi connectivity index (χ0v) is 18.3. The molecule has 0 aliphatic carbocycles. The average Bonchev–Trinajstić information content (AvgIpc) is 2.68. The largest absolute Gasteiger partial charge is 0.434 e. The van der Waals surface area contributed by atoms with Gasteiger partial charge in [0.05, 0.1) is 4.90 Å². The van der Waals surface area contributed by atoms with Crippen LogP contribution in [0.15, 0.2) is 51.8 Å². The molecule has 2 aromatic carbocycles. The monoisotopic (exact) mass is 490 g/mol. The highest BCUT2D eigenvalue weighted by molar-refractivity contribution is 9.10. The summed E-state index contributed by atoms with van der Waals surface area (Å²) >= 11 is 3.25. The van der Waals surface area contributed by atoms with Crippen molar-refractivity contribution in [1.82, 2.24) is 9.62 Å². The number of ether oxygens (including phenoxy) is 1. The molecule has 29 heavy (non-hydrogen) atoms. The van der Waals surface area contributed by atoms with Gasteiger partial charge in [0.25, 0.3) is 5.91 Å². The highest BCUT2D eigenvalue weighted by Crippen LogP contribution is 2.25. The first-order valence-corrected chi connectivity index (χ1v) is 11.0. The quantitative estimate of drug-likeness (QED) is 0.576. The highest BCUT2D eigenvalue weighted by Gasteiger charge is 2.22. The zero-order valence-electron chi connectivity index (χ0n) is 15.9. The van der Waals surface area contributed by atoms with Gasteiger partial charge in [0, 0.05) is 35.2 Å². The molecule has 0 bridgehead atoms. The first kappa shape index (κ1) is 23.2. The first-order valence-electron chi connectivity index (χ1n) is 8.80. The molecule has 0 unspecified atom stereocenters. The van der Waals surface area contributed by atoms with Crippen LogP contribution in [-0.2, 0) is 16.6 Å². The van der Waals surface area contributed by atoms with E-state index in [0.29, 0.717) is 23.1 Å². The van der Waals surface area contributed by atoms with Crippen molar-refractivity contribution in [2.75, 3.05) is 13.1 Å². The van der Waals surface area contributed by atoms with Gasteiger partial charge in [-0.3, -0.25) is 4.79 Å². The molecule has 0 aliphatic heterocycles. The van der Waals surface area contributed by atoms with Gasteiger partial charge >= 0.3 is 6.61 Å². The Morgan fingerprint density at radius 2 is 1.86 bits per heavy atom. The van der Waals surface area contributed by atoms with Crippen LogP contribution in [0.1, 0.15) is 29.8 Å². The summed E-state index contributed by atoms with van der Waals surface area (Å²) in [5, 5.41) is 2.60. The molecule has 1 N–H and O–H groups in total. The van der Waals surface area contributed by atoms with Crippen molar-refractivity contribution < 1.29 is 26.7 Å². The topological polar surface area (TPSA) is 75.7 Å². The summed E-state index contributed by atoms with van der Waals surface area (Å²) in [5.41, 5.74) is 0.490. The maximum absolute atomic E-state index is 12.6. The molecule has 0 aliphatic rings. The van der Waals surface area contributed by atoms with Crippen molar-refractivity contribution in [3.05, 3.63) is 58.1 Å². The van der Waals surface area contributed by atoms with E-state index in [1.165, 1.54) is 34.6 Å². The van der Waals surface area contributed by atoms with E-state index >= 15 is 0 Å². The number of nitrogens with one attached hydrogen (secondary N) is 1. The fraction of sp³-hybridized carbons (Fsp3) is 0.316. The lowest BCUT2D eigenvalue weighted by molar-refractivity contribution is -0.0504. The van der Waals surface area contributed by atoms with E-state index in [4.69, 9.17) is 0 Å².